The number of carbonyl (C=O) groups is 2. The second kappa shape index (κ2) is 5.25. The van der Waals surface area contributed by atoms with Gasteiger partial charge in [0, 0.05) is 6.20 Å². The Kier molecular flexibility index (Phi) is 3.51. The van der Waals surface area contributed by atoms with Gasteiger partial charge in [0.05, 0.1) is 6.20 Å². The van der Waals surface area contributed by atoms with E-state index >= 15 is 0 Å². The third-order valence-electron chi connectivity index (χ3n) is 2.33. The van der Waals surface area contributed by atoms with Crippen LogP contribution in [0.15, 0.2) is 24.5 Å². The zero-order valence-corrected chi connectivity index (χ0v) is 10.1. The molecule has 0 aliphatic heterocycles. The molecule has 2 aromatic heterocycles. The minimum atomic E-state index is -1.19. The van der Waals surface area contributed by atoms with E-state index in [9.17, 15) is 9.59 Å². The number of aromatic nitrogens is 4. The number of pyridine rings is 1. The number of hydrogen-bond donors (Lipinski definition) is 2. The van der Waals surface area contributed by atoms with E-state index in [0.29, 0.717) is 5.82 Å². The Morgan fingerprint density at radius 1 is 1.47 bits per heavy atom. The van der Waals surface area contributed by atoms with Crippen LogP contribution in [0.25, 0.3) is 0 Å². The number of carboxylic acids is 1. The highest BCUT2D eigenvalue weighted by molar-refractivity contribution is 5.90. The lowest BCUT2D eigenvalue weighted by Crippen LogP contribution is -2.20. The molecule has 0 aromatic carbocycles. The van der Waals surface area contributed by atoms with Crippen molar-refractivity contribution in [2.75, 3.05) is 5.32 Å². The van der Waals surface area contributed by atoms with Crippen LogP contribution >= 0.6 is 0 Å². The van der Waals surface area contributed by atoms with E-state index in [-0.39, 0.29) is 18.1 Å². The molecule has 98 valence electrons. The first-order valence-corrected chi connectivity index (χ1v) is 5.41. The molecule has 0 unspecified atom stereocenters. The van der Waals surface area contributed by atoms with E-state index in [1.807, 2.05) is 13.0 Å². The van der Waals surface area contributed by atoms with Gasteiger partial charge in [0.15, 0.2) is 5.69 Å². The Labute approximate surface area is 108 Å². The summed E-state index contributed by atoms with van der Waals surface area (Å²) in [5, 5.41) is 18.2. The average Bonchev–Trinajstić information content (AvgIpc) is 2.80. The van der Waals surface area contributed by atoms with Crippen LogP contribution < -0.4 is 5.32 Å². The minimum absolute atomic E-state index is 0.129. The number of nitrogens with zero attached hydrogens (tertiary/aromatic N) is 4. The maximum Gasteiger partial charge on any atom is 0.358 e. The lowest BCUT2D eigenvalue weighted by Gasteiger charge is -2.06. The number of aryl methyl sites for hydroxylation is 1. The molecule has 1 amide bonds. The van der Waals surface area contributed by atoms with Crippen molar-refractivity contribution < 1.29 is 14.7 Å². The van der Waals surface area contributed by atoms with Gasteiger partial charge in [-0.3, -0.25) is 4.79 Å². The molecular formula is C11H11N5O3. The summed E-state index contributed by atoms with van der Waals surface area (Å²) >= 11 is 0. The van der Waals surface area contributed by atoms with Crippen LogP contribution in [0.2, 0.25) is 0 Å². The topological polar surface area (TPSA) is 110 Å². The van der Waals surface area contributed by atoms with Crippen molar-refractivity contribution in [3.05, 3.63) is 35.8 Å². The van der Waals surface area contributed by atoms with Crippen LogP contribution in [0, 0.1) is 6.92 Å². The van der Waals surface area contributed by atoms with Crippen molar-refractivity contribution >= 4 is 17.7 Å². The van der Waals surface area contributed by atoms with Crippen molar-refractivity contribution in [1.82, 2.24) is 20.0 Å². The zero-order chi connectivity index (χ0) is 13.8. The van der Waals surface area contributed by atoms with E-state index < -0.39 is 5.97 Å². The van der Waals surface area contributed by atoms with Gasteiger partial charge in [-0.15, -0.1) is 5.10 Å². The maximum absolute atomic E-state index is 11.7. The summed E-state index contributed by atoms with van der Waals surface area (Å²) in [5.41, 5.74) is 0.627. The molecule has 2 aromatic rings. The summed E-state index contributed by atoms with van der Waals surface area (Å²) in [6.07, 6.45) is 2.76. The van der Waals surface area contributed by atoms with Gasteiger partial charge >= 0.3 is 5.97 Å². The van der Waals surface area contributed by atoms with Gasteiger partial charge < -0.3 is 10.4 Å². The molecule has 0 spiro atoms. The van der Waals surface area contributed by atoms with Gasteiger partial charge in [0.25, 0.3) is 0 Å². The number of rotatable bonds is 4. The molecule has 19 heavy (non-hydrogen) atoms. The van der Waals surface area contributed by atoms with Crippen LogP contribution in [0.3, 0.4) is 0 Å². The number of aromatic carboxylic acids is 1. The quantitative estimate of drug-likeness (QED) is 0.820. The first-order valence-electron chi connectivity index (χ1n) is 5.41. The summed E-state index contributed by atoms with van der Waals surface area (Å²) in [6.45, 7) is 1.69. The van der Waals surface area contributed by atoms with E-state index in [4.69, 9.17) is 5.11 Å². The Hall–Kier alpha value is -2.77. The van der Waals surface area contributed by atoms with Gasteiger partial charge in [-0.1, -0.05) is 11.3 Å². The molecule has 8 nitrogen and oxygen atoms in total. The molecule has 0 radical (unpaired) electrons. The number of hydrogen-bond acceptors (Lipinski definition) is 5. The lowest BCUT2D eigenvalue weighted by molar-refractivity contribution is -0.117. The number of amides is 1. The summed E-state index contributed by atoms with van der Waals surface area (Å²) < 4.78 is 1.15. The fourth-order valence-electron chi connectivity index (χ4n) is 1.41. The maximum atomic E-state index is 11.7. The van der Waals surface area contributed by atoms with Gasteiger partial charge in [0.1, 0.15) is 12.4 Å². The average molecular weight is 261 g/mol. The smallest absolute Gasteiger partial charge is 0.358 e. The van der Waals surface area contributed by atoms with E-state index in [0.717, 1.165) is 10.2 Å². The molecule has 0 aliphatic rings. The summed E-state index contributed by atoms with van der Waals surface area (Å²) in [7, 11) is 0. The van der Waals surface area contributed by atoms with E-state index in [2.05, 4.69) is 20.6 Å². The Morgan fingerprint density at radius 3 is 2.89 bits per heavy atom. The first kappa shape index (κ1) is 12.7. The normalized spacial score (nSPS) is 10.2. The monoisotopic (exact) mass is 261 g/mol. The number of nitrogens with one attached hydrogen (secondary N) is 1. The molecule has 2 rings (SSSR count). The van der Waals surface area contributed by atoms with E-state index in [1.54, 1.807) is 12.3 Å². The highest BCUT2D eigenvalue weighted by Crippen LogP contribution is 2.08. The van der Waals surface area contributed by atoms with Gasteiger partial charge in [-0.2, -0.15) is 0 Å². The molecular weight excluding hydrogens is 250 g/mol. The van der Waals surface area contributed by atoms with Crippen LogP contribution in [0.4, 0.5) is 5.82 Å². The van der Waals surface area contributed by atoms with Crippen molar-refractivity contribution in [1.29, 1.82) is 0 Å². The fraction of sp³-hybridized carbons (Fsp3) is 0.182. The van der Waals surface area contributed by atoms with Crippen LogP contribution in [-0.2, 0) is 11.3 Å². The number of carbonyl (C=O) groups excluding carboxylic acids is 1. The fourth-order valence-corrected chi connectivity index (χ4v) is 1.41. The van der Waals surface area contributed by atoms with Crippen molar-refractivity contribution in [2.45, 2.75) is 13.5 Å². The van der Waals surface area contributed by atoms with Crippen molar-refractivity contribution in [2.24, 2.45) is 0 Å². The minimum Gasteiger partial charge on any atom is -0.476 e. The largest absolute Gasteiger partial charge is 0.476 e. The third-order valence-corrected chi connectivity index (χ3v) is 2.33. The van der Waals surface area contributed by atoms with Crippen molar-refractivity contribution in [3.63, 3.8) is 0 Å². The molecule has 0 atom stereocenters. The summed E-state index contributed by atoms with van der Waals surface area (Å²) in [5.74, 6) is -1.08. The highest BCUT2D eigenvalue weighted by Gasteiger charge is 2.11. The molecule has 0 saturated heterocycles. The third kappa shape index (κ3) is 3.12. The second-order valence-electron chi connectivity index (χ2n) is 3.82. The number of anilines is 1. The molecule has 0 fully saturated rings. The zero-order valence-electron chi connectivity index (χ0n) is 10.1. The van der Waals surface area contributed by atoms with Gasteiger partial charge in [-0.25, -0.2) is 14.5 Å². The Bertz CT molecular complexity index is 622. The van der Waals surface area contributed by atoms with E-state index in [1.165, 1.54) is 6.20 Å². The molecule has 2 heterocycles. The van der Waals surface area contributed by atoms with Crippen molar-refractivity contribution in [3.8, 4) is 0 Å². The number of carboxylic acid groups (broad SMARTS) is 1. The molecule has 2 N–H and O–H groups in total. The van der Waals surface area contributed by atoms with Gasteiger partial charge in [-0.05, 0) is 18.6 Å². The molecule has 0 bridgehead atoms. The Balaban J connectivity index is 2.01. The predicted octanol–water partition coefficient (Wildman–Crippen LogP) is 0.318. The van der Waals surface area contributed by atoms with Crippen LogP contribution in [0.1, 0.15) is 16.1 Å². The first-order chi connectivity index (χ1) is 9.06. The SMILES string of the molecule is Cc1cccnc1NC(=O)Cn1cc(C(=O)O)nn1. The van der Waals surface area contributed by atoms with Gasteiger partial charge in [0.2, 0.25) is 5.91 Å². The molecule has 8 heteroatoms. The second-order valence-corrected chi connectivity index (χ2v) is 3.82. The Morgan fingerprint density at radius 2 is 2.26 bits per heavy atom. The standard InChI is InChI=1S/C11H11N5O3/c1-7-3-2-4-12-10(7)13-9(17)6-16-5-8(11(18)19)14-15-16/h2-5H,6H2,1H3,(H,18,19)(H,12,13,17). The molecule has 0 saturated carbocycles. The lowest BCUT2D eigenvalue weighted by atomic mass is 10.3. The summed E-state index contributed by atoms with van der Waals surface area (Å²) in [6, 6.07) is 3.59. The summed E-state index contributed by atoms with van der Waals surface area (Å²) in [4.78, 5) is 26.4. The molecule has 0 aliphatic carbocycles. The predicted molar refractivity (Wildman–Crippen MR) is 64.6 cm³/mol. The van der Waals surface area contributed by atoms with Crippen LogP contribution in [0.5, 0.6) is 0 Å². The highest BCUT2D eigenvalue weighted by atomic mass is 16.4. The van der Waals surface area contributed by atoms with Crippen LogP contribution in [-0.4, -0.2) is 37.0 Å².